The minimum absolute atomic E-state index is 0.00650. The van der Waals surface area contributed by atoms with Crippen LogP contribution in [0.15, 0.2) is 59.2 Å². The smallest absolute Gasteiger partial charge is 0.287 e. The topological polar surface area (TPSA) is 65.8 Å². The van der Waals surface area contributed by atoms with Crippen LogP contribution in [0.5, 0.6) is 0 Å². The molecule has 2 amide bonds. The normalized spacial score (nSPS) is 15.3. The summed E-state index contributed by atoms with van der Waals surface area (Å²) in [6.07, 6.45) is 5.69. The van der Waals surface area contributed by atoms with Crippen molar-refractivity contribution in [3.8, 4) is 0 Å². The van der Waals surface area contributed by atoms with Crippen molar-refractivity contribution in [2.75, 3.05) is 39.3 Å². The highest BCUT2D eigenvalue weighted by molar-refractivity contribution is 5.94. The Balaban J connectivity index is 1.37. The Bertz CT molecular complexity index is 733. The number of hydrogen-bond donors (Lipinski definition) is 1. The number of carbonyl (C=O) groups excluding carboxylic acids is 2. The van der Waals surface area contributed by atoms with E-state index in [9.17, 15) is 9.59 Å². The van der Waals surface area contributed by atoms with Gasteiger partial charge in [0.05, 0.1) is 12.8 Å². The minimum Gasteiger partial charge on any atom is -0.459 e. The summed E-state index contributed by atoms with van der Waals surface area (Å²) in [7, 11) is 0. The molecule has 1 aliphatic heterocycles. The van der Waals surface area contributed by atoms with Gasteiger partial charge in [-0.1, -0.05) is 42.5 Å². The number of hydrogen-bond acceptors (Lipinski definition) is 4. The van der Waals surface area contributed by atoms with E-state index in [1.165, 1.54) is 11.8 Å². The maximum Gasteiger partial charge on any atom is 0.287 e. The van der Waals surface area contributed by atoms with Gasteiger partial charge in [0.25, 0.3) is 5.91 Å². The molecule has 26 heavy (non-hydrogen) atoms. The van der Waals surface area contributed by atoms with E-state index in [2.05, 4.69) is 34.5 Å². The summed E-state index contributed by atoms with van der Waals surface area (Å²) < 4.78 is 5.01. The van der Waals surface area contributed by atoms with E-state index in [1.54, 1.807) is 17.0 Å². The Morgan fingerprint density at radius 2 is 1.81 bits per heavy atom. The second-order valence-corrected chi connectivity index (χ2v) is 6.15. The van der Waals surface area contributed by atoms with Gasteiger partial charge in [-0.3, -0.25) is 14.5 Å². The lowest BCUT2D eigenvalue weighted by Crippen LogP contribution is -2.51. The molecule has 1 fully saturated rings. The van der Waals surface area contributed by atoms with Crippen LogP contribution in [0.3, 0.4) is 0 Å². The van der Waals surface area contributed by atoms with Gasteiger partial charge in [0.15, 0.2) is 5.76 Å². The molecule has 3 rings (SSSR count). The Hall–Kier alpha value is -2.86. The second-order valence-electron chi connectivity index (χ2n) is 6.15. The van der Waals surface area contributed by atoms with E-state index in [-0.39, 0.29) is 24.1 Å². The SMILES string of the molecule is O=C(NCC(=O)N1CCN(C/C=C/c2ccccc2)CC1)c1ccco1. The zero-order chi connectivity index (χ0) is 18.2. The number of piperazine rings is 1. The van der Waals surface area contributed by atoms with Crippen LogP contribution in [0.1, 0.15) is 16.1 Å². The molecule has 0 atom stereocenters. The van der Waals surface area contributed by atoms with Crippen molar-refractivity contribution in [1.82, 2.24) is 15.1 Å². The number of carbonyl (C=O) groups is 2. The van der Waals surface area contributed by atoms with Gasteiger partial charge in [0, 0.05) is 32.7 Å². The Kier molecular flexibility index (Phi) is 6.22. The van der Waals surface area contributed by atoms with Gasteiger partial charge in [-0.05, 0) is 17.7 Å². The molecule has 6 nitrogen and oxygen atoms in total. The highest BCUT2D eigenvalue weighted by atomic mass is 16.3. The molecule has 0 unspecified atom stereocenters. The lowest BCUT2D eigenvalue weighted by Gasteiger charge is -2.34. The largest absolute Gasteiger partial charge is 0.459 e. The van der Waals surface area contributed by atoms with Crippen LogP contribution >= 0.6 is 0 Å². The molecule has 0 saturated carbocycles. The van der Waals surface area contributed by atoms with E-state index in [0.717, 1.165) is 19.6 Å². The molecule has 1 aromatic carbocycles. The standard InChI is InChI=1S/C20H23N3O3/c24-19(16-21-20(25)18-9-5-15-26-18)23-13-11-22(12-14-23)10-4-8-17-6-2-1-3-7-17/h1-9,15H,10-14,16H2,(H,21,25)/b8-4+. The zero-order valence-electron chi connectivity index (χ0n) is 14.6. The number of furan rings is 1. The van der Waals surface area contributed by atoms with Crippen molar-refractivity contribution < 1.29 is 14.0 Å². The Morgan fingerprint density at radius 3 is 2.50 bits per heavy atom. The third-order valence-corrected chi connectivity index (χ3v) is 4.34. The number of nitrogens with one attached hydrogen (secondary N) is 1. The van der Waals surface area contributed by atoms with Gasteiger partial charge in [-0.15, -0.1) is 0 Å². The van der Waals surface area contributed by atoms with E-state index in [0.29, 0.717) is 13.1 Å². The first-order valence-corrected chi connectivity index (χ1v) is 8.76. The summed E-state index contributed by atoms with van der Waals surface area (Å²) in [5.74, 6) is -0.217. The van der Waals surface area contributed by atoms with Crippen molar-refractivity contribution in [2.24, 2.45) is 0 Å². The monoisotopic (exact) mass is 353 g/mol. The van der Waals surface area contributed by atoms with Crippen LogP contribution in [0.25, 0.3) is 6.08 Å². The quantitative estimate of drug-likeness (QED) is 0.861. The molecule has 6 heteroatoms. The third-order valence-electron chi connectivity index (χ3n) is 4.34. The fraction of sp³-hybridized carbons (Fsp3) is 0.300. The van der Waals surface area contributed by atoms with Gasteiger partial charge in [-0.25, -0.2) is 0 Å². The van der Waals surface area contributed by atoms with Crippen molar-refractivity contribution in [3.63, 3.8) is 0 Å². The van der Waals surface area contributed by atoms with Crippen molar-refractivity contribution in [1.29, 1.82) is 0 Å². The van der Waals surface area contributed by atoms with Crippen LogP contribution in [-0.2, 0) is 4.79 Å². The maximum atomic E-state index is 12.2. The lowest BCUT2D eigenvalue weighted by atomic mass is 10.2. The number of rotatable bonds is 6. The van der Waals surface area contributed by atoms with Crippen molar-refractivity contribution >= 4 is 17.9 Å². The van der Waals surface area contributed by atoms with Crippen LogP contribution in [0.2, 0.25) is 0 Å². The first-order valence-electron chi connectivity index (χ1n) is 8.76. The third kappa shape index (κ3) is 5.07. The van der Waals surface area contributed by atoms with Gasteiger partial charge >= 0.3 is 0 Å². The van der Waals surface area contributed by atoms with E-state index < -0.39 is 0 Å². The van der Waals surface area contributed by atoms with E-state index >= 15 is 0 Å². The fourth-order valence-corrected chi connectivity index (χ4v) is 2.84. The molecule has 1 aromatic heterocycles. The molecule has 0 spiro atoms. The van der Waals surface area contributed by atoms with Gasteiger partial charge in [0.1, 0.15) is 0 Å². The number of benzene rings is 1. The molecule has 1 saturated heterocycles. The van der Waals surface area contributed by atoms with E-state index in [4.69, 9.17) is 4.42 Å². The highest BCUT2D eigenvalue weighted by Crippen LogP contribution is 2.05. The van der Waals surface area contributed by atoms with Crippen LogP contribution in [0.4, 0.5) is 0 Å². The Labute approximate surface area is 153 Å². The summed E-state index contributed by atoms with van der Waals surface area (Å²) >= 11 is 0. The average molecular weight is 353 g/mol. The predicted molar refractivity (Wildman–Crippen MR) is 99.5 cm³/mol. The predicted octanol–water partition coefficient (Wildman–Crippen LogP) is 1.87. The molecule has 0 bridgehead atoms. The summed E-state index contributed by atoms with van der Waals surface area (Å²) in [4.78, 5) is 28.1. The summed E-state index contributed by atoms with van der Waals surface area (Å²) in [5.41, 5.74) is 1.19. The summed E-state index contributed by atoms with van der Waals surface area (Å²) in [6, 6.07) is 13.4. The minimum atomic E-state index is -0.368. The molecule has 1 aliphatic rings. The fourth-order valence-electron chi connectivity index (χ4n) is 2.84. The van der Waals surface area contributed by atoms with Crippen molar-refractivity contribution in [3.05, 3.63) is 66.1 Å². The highest BCUT2D eigenvalue weighted by Gasteiger charge is 2.21. The zero-order valence-corrected chi connectivity index (χ0v) is 14.6. The van der Waals surface area contributed by atoms with Gasteiger partial charge < -0.3 is 14.6 Å². The van der Waals surface area contributed by atoms with Crippen LogP contribution < -0.4 is 5.32 Å². The number of nitrogens with zero attached hydrogens (tertiary/aromatic N) is 2. The Morgan fingerprint density at radius 1 is 1.04 bits per heavy atom. The molecular formula is C20H23N3O3. The molecule has 0 aliphatic carbocycles. The molecular weight excluding hydrogens is 330 g/mol. The van der Waals surface area contributed by atoms with E-state index in [1.807, 2.05) is 18.2 Å². The number of amides is 2. The molecule has 1 N–H and O–H groups in total. The summed E-state index contributed by atoms with van der Waals surface area (Å²) in [5, 5.41) is 2.60. The molecule has 2 heterocycles. The first-order chi connectivity index (χ1) is 12.7. The van der Waals surface area contributed by atoms with Gasteiger partial charge in [0.2, 0.25) is 5.91 Å². The maximum absolute atomic E-state index is 12.2. The second kappa shape index (κ2) is 9.01. The molecule has 136 valence electrons. The first kappa shape index (κ1) is 17.9. The summed E-state index contributed by atoms with van der Waals surface area (Å²) in [6.45, 7) is 3.87. The molecule has 2 aromatic rings. The van der Waals surface area contributed by atoms with Gasteiger partial charge in [-0.2, -0.15) is 0 Å². The molecule has 0 radical (unpaired) electrons. The lowest BCUT2D eigenvalue weighted by molar-refractivity contribution is -0.131. The van der Waals surface area contributed by atoms with Crippen molar-refractivity contribution in [2.45, 2.75) is 0 Å². The average Bonchev–Trinajstić information content (AvgIpc) is 3.22. The van der Waals surface area contributed by atoms with Crippen LogP contribution in [-0.4, -0.2) is 60.9 Å². The van der Waals surface area contributed by atoms with Crippen LogP contribution in [0, 0.1) is 0 Å².